The van der Waals surface area contributed by atoms with Gasteiger partial charge in [0.05, 0.1) is 0 Å². The predicted molar refractivity (Wildman–Crippen MR) is 48.3 cm³/mol. The summed E-state index contributed by atoms with van der Waals surface area (Å²) < 4.78 is 35.9. The largest absolute Gasteiger partial charge is 0.414 e. The third kappa shape index (κ3) is 3.81. The Balaban J connectivity index is 2.40. The summed E-state index contributed by atoms with van der Waals surface area (Å²) in [5, 5.41) is 8.74. The Morgan fingerprint density at radius 1 is 1.27 bits per heavy atom. The molecule has 0 amide bonds. The van der Waals surface area contributed by atoms with E-state index in [-0.39, 0.29) is 5.92 Å². The van der Waals surface area contributed by atoms with E-state index in [0.717, 1.165) is 19.3 Å². The van der Waals surface area contributed by atoms with Gasteiger partial charge in [-0.2, -0.15) is 13.2 Å². The number of aliphatic hydroxyl groups excluding tert-OH is 1. The first kappa shape index (κ1) is 12.5. The Kier molecular flexibility index (Phi) is 4.13. The first-order chi connectivity index (χ1) is 6.91. The summed E-state index contributed by atoms with van der Waals surface area (Å²) in [6.45, 7) is 0. The SMILES string of the molecule is O=C(C[C@H](O)C(F)(F)F)C1CCCCC1. The number of hydrogen-bond donors (Lipinski definition) is 1. The molecule has 1 atom stereocenters. The molecule has 5 heteroatoms. The maximum atomic E-state index is 12.0. The van der Waals surface area contributed by atoms with Crippen LogP contribution in [-0.4, -0.2) is 23.2 Å². The van der Waals surface area contributed by atoms with Crippen LogP contribution in [0.3, 0.4) is 0 Å². The summed E-state index contributed by atoms with van der Waals surface area (Å²) in [5.41, 5.74) is 0. The zero-order chi connectivity index (χ0) is 11.5. The second-order valence-corrected chi connectivity index (χ2v) is 4.06. The molecule has 0 bridgehead atoms. The van der Waals surface area contributed by atoms with Crippen molar-refractivity contribution in [1.82, 2.24) is 0 Å². The topological polar surface area (TPSA) is 37.3 Å². The predicted octanol–water partition coefficient (Wildman–Crippen LogP) is 2.45. The van der Waals surface area contributed by atoms with Crippen molar-refractivity contribution in [1.29, 1.82) is 0 Å². The lowest BCUT2D eigenvalue weighted by molar-refractivity contribution is -0.206. The zero-order valence-electron chi connectivity index (χ0n) is 8.39. The molecule has 1 fully saturated rings. The Morgan fingerprint density at radius 3 is 2.27 bits per heavy atom. The van der Waals surface area contributed by atoms with E-state index in [0.29, 0.717) is 12.8 Å². The van der Waals surface area contributed by atoms with Crippen LogP contribution in [0.4, 0.5) is 13.2 Å². The fraction of sp³-hybridized carbons (Fsp3) is 0.900. The van der Waals surface area contributed by atoms with Crippen LogP contribution in [-0.2, 0) is 4.79 Å². The van der Waals surface area contributed by atoms with Crippen LogP contribution in [0.5, 0.6) is 0 Å². The number of rotatable bonds is 3. The van der Waals surface area contributed by atoms with Gasteiger partial charge in [0.25, 0.3) is 0 Å². The molecule has 0 unspecified atom stereocenters. The van der Waals surface area contributed by atoms with E-state index in [2.05, 4.69) is 0 Å². The number of hydrogen-bond acceptors (Lipinski definition) is 2. The number of ketones is 1. The molecule has 1 saturated carbocycles. The van der Waals surface area contributed by atoms with Crippen LogP contribution in [0, 0.1) is 5.92 Å². The van der Waals surface area contributed by atoms with E-state index in [1.54, 1.807) is 0 Å². The fourth-order valence-electron chi connectivity index (χ4n) is 1.90. The lowest BCUT2D eigenvalue weighted by Crippen LogP contribution is -2.33. The first-order valence-electron chi connectivity index (χ1n) is 5.18. The van der Waals surface area contributed by atoms with Gasteiger partial charge in [-0.1, -0.05) is 19.3 Å². The van der Waals surface area contributed by atoms with Gasteiger partial charge in [0.2, 0.25) is 0 Å². The number of aliphatic hydroxyl groups is 1. The molecule has 88 valence electrons. The Bertz CT molecular complexity index is 219. The van der Waals surface area contributed by atoms with E-state index < -0.39 is 24.5 Å². The van der Waals surface area contributed by atoms with Crippen molar-refractivity contribution >= 4 is 5.78 Å². The van der Waals surface area contributed by atoms with E-state index in [1.165, 1.54) is 0 Å². The summed E-state index contributed by atoms with van der Waals surface area (Å²) in [7, 11) is 0. The molecule has 15 heavy (non-hydrogen) atoms. The smallest absolute Gasteiger partial charge is 0.383 e. The molecule has 0 radical (unpaired) electrons. The van der Waals surface area contributed by atoms with Crippen LogP contribution >= 0.6 is 0 Å². The summed E-state index contributed by atoms with van der Waals surface area (Å²) in [5.74, 6) is -0.713. The van der Waals surface area contributed by atoms with Gasteiger partial charge in [-0.3, -0.25) is 4.79 Å². The summed E-state index contributed by atoms with van der Waals surface area (Å²) in [6, 6.07) is 0. The number of carbonyl (C=O) groups excluding carboxylic acids is 1. The van der Waals surface area contributed by atoms with Crippen LogP contribution in [0.2, 0.25) is 0 Å². The van der Waals surface area contributed by atoms with Gasteiger partial charge in [0.15, 0.2) is 6.10 Å². The monoisotopic (exact) mass is 224 g/mol. The fourth-order valence-corrected chi connectivity index (χ4v) is 1.90. The Hall–Kier alpha value is -0.580. The minimum Gasteiger partial charge on any atom is -0.383 e. The molecule has 1 aliphatic carbocycles. The minimum absolute atomic E-state index is 0.268. The highest BCUT2D eigenvalue weighted by Crippen LogP contribution is 2.28. The minimum atomic E-state index is -4.68. The van der Waals surface area contributed by atoms with Crippen molar-refractivity contribution in [2.45, 2.75) is 50.8 Å². The molecule has 0 aliphatic heterocycles. The van der Waals surface area contributed by atoms with Crippen LogP contribution in [0.25, 0.3) is 0 Å². The summed E-state index contributed by atoms with van der Waals surface area (Å²) in [4.78, 5) is 11.4. The van der Waals surface area contributed by atoms with Crippen molar-refractivity contribution < 1.29 is 23.1 Å². The third-order valence-corrected chi connectivity index (χ3v) is 2.83. The number of halogens is 3. The molecular weight excluding hydrogens is 209 g/mol. The van der Waals surface area contributed by atoms with E-state index in [1.807, 2.05) is 0 Å². The lowest BCUT2D eigenvalue weighted by atomic mass is 9.84. The van der Waals surface area contributed by atoms with Gasteiger partial charge >= 0.3 is 6.18 Å². The van der Waals surface area contributed by atoms with Gasteiger partial charge in [0, 0.05) is 12.3 Å². The second kappa shape index (κ2) is 4.96. The molecule has 1 N–H and O–H groups in total. The van der Waals surface area contributed by atoms with Gasteiger partial charge in [0.1, 0.15) is 5.78 Å². The zero-order valence-corrected chi connectivity index (χ0v) is 8.39. The molecule has 1 aliphatic rings. The Morgan fingerprint density at radius 2 is 1.80 bits per heavy atom. The summed E-state index contributed by atoms with van der Waals surface area (Å²) >= 11 is 0. The molecule has 0 aromatic rings. The second-order valence-electron chi connectivity index (χ2n) is 4.06. The average Bonchev–Trinajstić information content (AvgIpc) is 2.17. The number of Topliss-reactive ketones (excluding diaryl/α,β-unsaturated/α-hetero) is 1. The molecule has 0 aromatic carbocycles. The van der Waals surface area contributed by atoms with Gasteiger partial charge < -0.3 is 5.11 Å². The van der Waals surface area contributed by atoms with Crippen molar-refractivity contribution in [3.05, 3.63) is 0 Å². The van der Waals surface area contributed by atoms with Gasteiger partial charge in [-0.25, -0.2) is 0 Å². The van der Waals surface area contributed by atoms with Crippen LogP contribution < -0.4 is 0 Å². The van der Waals surface area contributed by atoms with E-state index in [4.69, 9.17) is 5.11 Å². The van der Waals surface area contributed by atoms with Crippen molar-refractivity contribution in [3.8, 4) is 0 Å². The maximum Gasteiger partial charge on any atom is 0.414 e. The van der Waals surface area contributed by atoms with Crippen molar-refractivity contribution in [2.24, 2.45) is 5.92 Å². The first-order valence-corrected chi connectivity index (χ1v) is 5.18. The standard InChI is InChI=1S/C10H15F3O2/c11-10(12,13)9(15)6-8(14)7-4-2-1-3-5-7/h7,9,15H,1-6H2/t9-/m0/s1. The molecule has 1 rings (SSSR count). The molecule has 0 spiro atoms. The van der Waals surface area contributed by atoms with Gasteiger partial charge in [-0.05, 0) is 12.8 Å². The van der Waals surface area contributed by atoms with Crippen LogP contribution in [0.1, 0.15) is 38.5 Å². The van der Waals surface area contributed by atoms with Crippen LogP contribution in [0.15, 0.2) is 0 Å². The molecule has 0 aromatic heterocycles. The quantitative estimate of drug-likeness (QED) is 0.799. The number of carbonyl (C=O) groups is 1. The summed E-state index contributed by atoms with van der Waals surface area (Å²) in [6.07, 6.45) is -3.76. The highest BCUT2D eigenvalue weighted by molar-refractivity contribution is 5.81. The highest BCUT2D eigenvalue weighted by atomic mass is 19.4. The highest BCUT2D eigenvalue weighted by Gasteiger charge is 2.40. The normalized spacial score (nSPS) is 21.3. The average molecular weight is 224 g/mol. The number of alkyl halides is 3. The van der Waals surface area contributed by atoms with E-state index in [9.17, 15) is 18.0 Å². The van der Waals surface area contributed by atoms with Crippen molar-refractivity contribution in [3.63, 3.8) is 0 Å². The molecular formula is C10H15F3O2. The van der Waals surface area contributed by atoms with Crippen molar-refractivity contribution in [2.75, 3.05) is 0 Å². The maximum absolute atomic E-state index is 12.0. The van der Waals surface area contributed by atoms with E-state index >= 15 is 0 Å². The Labute approximate surface area is 86.5 Å². The molecule has 0 saturated heterocycles. The lowest BCUT2D eigenvalue weighted by Gasteiger charge is -2.22. The van der Waals surface area contributed by atoms with Gasteiger partial charge in [-0.15, -0.1) is 0 Å². The molecule has 2 nitrogen and oxygen atoms in total. The molecule has 0 heterocycles. The third-order valence-electron chi connectivity index (χ3n) is 2.83.